The zero-order chi connectivity index (χ0) is 42.4. The van der Waals surface area contributed by atoms with Gasteiger partial charge in [0.15, 0.2) is 0 Å². The summed E-state index contributed by atoms with van der Waals surface area (Å²) in [6, 6.07) is -0.718. The molecule has 0 aliphatic rings. The van der Waals surface area contributed by atoms with E-state index >= 15 is 0 Å². The van der Waals surface area contributed by atoms with Gasteiger partial charge in [0.1, 0.15) is 6.10 Å². The van der Waals surface area contributed by atoms with E-state index in [0.717, 1.165) is 89.9 Å². The van der Waals surface area contributed by atoms with Gasteiger partial charge in [-0.15, -0.1) is 0 Å². The Morgan fingerprint density at radius 3 is 1.62 bits per heavy atom. The number of rotatable bonds is 42. The monoisotopic (exact) mass is 810 g/mol. The van der Waals surface area contributed by atoms with Gasteiger partial charge in [-0.25, -0.2) is 0 Å². The van der Waals surface area contributed by atoms with Crippen molar-refractivity contribution in [1.82, 2.24) is 5.32 Å². The Kier molecular flexibility index (Phi) is 43.3. The molecule has 334 valence electrons. The molecule has 6 heteroatoms. The minimum Gasteiger partial charge on any atom is -0.462 e. The quantitative estimate of drug-likeness (QED) is 0.0247. The van der Waals surface area contributed by atoms with Gasteiger partial charge in [-0.05, 0) is 77.0 Å². The Morgan fingerprint density at radius 2 is 1.02 bits per heavy atom. The molecule has 0 aliphatic carbocycles. The molecule has 0 aromatic heterocycles. The van der Waals surface area contributed by atoms with Crippen molar-refractivity contribution in [2.24, 2.45) is 0 Å². The minimum absolute atomic E-state index is 0.0437. The summed E-state index contributed by atoms with van der Waals surface area (Å²) in [5, 5.41) is 23.7. The SMILES string of the molecule is CC/C=C/C=C/C=C/CCCCCCCCCC(=O)OC(CCCC/C=C/C/C=C/C/C=C/CC)CC(=O)NC(CO)C(O)CCCCCCCCCCCCCC. The molecular formula is C52H91NO5. The highest BCUT2D eigenvalue weighted by Gasteiger charge is 2.24. The molecule has 0 spiro atoms. The smallest absolute Gasteiger partial charge is 0.306 e. The van der Waals surface area contributed by atoms with E-state index < -0.39 is 18.2 Å². The van der Waals surface area contributed by atoms with Gasteiger partial charge in [0.25, 0.3) is 0 Å². The summed E-state index contributed by atoms with van der Waals surface area (Å²) in [6.07, 6.45) is 56.7. The Balaban J connectivity index is 4.64. The van der Waals surface area contributed by atoms with E-state index in [1.807, 2.05) is 0 Å². The molecule has 0 aromatic carbocycles. The average Bonchev–Trinajstić information content (AvgIpc) is 3.22. The topological polar surface area (TPSA) is 95.9 Å². The molecule has 0 saturated heterocycles. The number of esters is 1. The highest BCUT2D eigenvalue weighted by molar-refractivity contribution is 5.77. The number of nitrogens with one attached hydrogen (secondary N) is 1. The summed E-state index contributed by atoms with van der Waals surface area (Å²) in [4.78, 5) is 26.1. The van der Waals surface area contributed by atoms with Gasteiger partial charge in [0.05, 0.1) is 25.2 Å². The number of carbonyl (C=O) groups excluding carboxylic acids is 2. The molecule has 0 aliphatic heterocycles. The van der Waals surface area contributed by atoms with Crippen LogP contribution in [0.2, 0.25) is 0 Å². The van der Waals surface area contributed by atoms with E-state index in [-0.39, 0.29) is 24.9 Å². The summed E-state index contributed by atoms with van der Waals surface area (Å²) in [7, 11) is 0. The van der Waals surface area contributed by atoms with Crippen LogP contribution in [0.15, 0.2) is 72.9 Å². The molecule has 58 heavy (non-hydrogen) atoms. The van der Waals surface area contributed by atoms with Crippen LogP contribution in [0.5, 0.6) is 0 Å². The van der Waals surface area contributed by atoms with Gasteiger partial charge >= 0.3 is 5.97 Å². The maximum absolute atomic E-state index is 13.2. The number of unbranched alkanes of at least 4 members (excludes halogenated alkanes) is 20. The van der Waals surface area contributed by atoms with Crippen LogP contribution in [0.1, 0.15) is 220 Å². The van der Waals surface area contributed by atoms with Crippen molar-refractivity contribution < 1.29 is 24.5 Å². The number of hydrogen-bond acceptors (Lipinski definition) is 5. The van der Waals surface area contributed by atoms with Crippen LogP contribution in [-0.2, 0) is 14.3 Å². The van der Waals surface area contributed by atoms with E-state index in [1.165, 1.54) is 83.5 Å². The molecule has 0 rings (SSSR count). The summed E-state index contributed by atoms with van der Waals surface area (Å²) in [6.45, 7) is 6.21. The molecule has 0 bridgehead atoms. The first-order valence-corrected chi connectivity index (χ1v) is 24.2. The van der Waals surface area contributed by atoms with Crippen molar-refractivity contribution in [2.45, 2.75) is 238 Å². The molecule has 0 aromatic rings. The van der Waals surface area contributed by atoms with Crippen molar-refractivity contribution in [3.05, 3.63) is 72.9 Å². The third-order valence-electron chi connectivity index (χ3n) is 10.6. The zero-order valence-corrected chi connectivity index (χ0v) is 37.9. The van der Waals surface area contributed by atoms with Crippen molar-refractivity contribution in [2.75, 3.05) is 6.61 Å². The van der Waals surface area contributed by atoms with E-state index in [2.05, 4.69) is 99.0 Å². The number of hydrogen-bond donors (Lipinski definition) is 3. The second-order valence-electron chi connectivity index (χ2n) is 16.2. The molecule has 6 nitrogen and oxygen atoms in total. The van der Waals surface area contributed by atoms with Crippen LogP contribution in [-0.4, -0.2) is 46.9 Å². The number of aliphatic hydroxyl groups excluding tert-OH is 2. The number of allylic oxidation sites excluding steroid dienone is 12. The Morgan fingerprint density at radius 1 is 0.534 bits per heavy atom. The van der Waals surface area contributed by atoms with Gasteiger partial charge in [-0.1, -0.05) is 203 Å². The normalized spacial score (nSPS) is 13.9. The van der Waals surface area contributed by atoms with Crippen LogP contribution < -0.4 is 5.32 Å². The van der Waals surface area contributed by atoms with E-state index in [0.29, 0.717) is 19.3 Å². The number of amides is 1. The molecule has 3 N–H and O–H groups in total. The van der Waals surface area contributed by atoms with Crippen LogP contribution in [0.25, 0.3) is 0 Å². The van der Waals surface area contributed by atoms with Gasteiger partial charge in [-0.2, -0.15) is 0 Å². The fourth-order valence-electron chi connectivity index (χ4n) is 6.97. The van der Waals surface area contributed by atoms with Crippen LogP contribution in [0.3, 0.4) is 0 Å². The summed E-state index contributed by atoms with van der Waals surface area (Å²) >= 11 is 0. The average molecular weight is 810 g/mol. The molecular weight excluding hydrogens is 719 g/mol. The van der Waals surface area contributed by atoms with E-state index in [1.54, 1.807) is 0 Å². The number of aliphatic hydroxyl groups is 2. The first-order chi connectivity index (χ1) is 28.5. The lowest BCUT2D eigenvalue weighted by molar-refractivity contribution is -0.151. The van der Waals surface area contributed by atoms with Crippen LogP contribution in [0.4, 0.5) is 0 Å². The predicted molar refractivity (Wildman–Crippen MR) is 250 cm³/mol. The zero-order valence-electron chi connectivity index (χ0n) is 37.9. The maximum Gasteiger partial charge on any atom is 0.306 e. The summed E-state index contributed by atoms with van der Waals surface area (Å²) in [5.41, 5.74) is 0. The largest absolute Gasteiger partial charge is 0.462 e. The van der Waals surface area contributed by atoms with E-state index in [9.17, 15) is 19.8 Å². The highest BCUT2D eigenvalue weighted by atomic mass is 16.5. The van der Waals surface area contributed by atoms with Crippen molar-refractivity contribution in [1.29, 1.82) is 0 Å². The van der Waals surface area contributed by atoms with Gasteiger partial charge < -0.3 is 20.3 Å². The second kappa shape index (κ2) is 45.4. The molecule has 0 saturated carbocycles. The third-order valence-corrected chi connectivity index (χ3v) is 10.6. The van der Waals surface area contributed by atoms with Gasteiger partial charge in [0.2, 0.25) is 5.91 Å². The molecule has 3 atom stereocenters. The van der Waals surface area contributed by atoms with Crippen molar-refractivity contribution >= 4 is 11.9 Å². The summed E-state index contributed by atoms with van der Waals surface area (Å²) in [5.74, 6) is -0.530. The van der Waals surface area contributed by atoms with Crippen molar-refractivity contribution in [3.8, 4) is 0 Å². The standard InChI is InChI=1S/C52H91NO5/c1-4-7-10-13-16-19-22-25-26-27-30-33-36-39-42-45-52(57)58-48(43-40-37-34-31-28-23-20-17-14-11-8-5-2)46-51(56)53-49(47-54)50(55)44-41-38-35-32-29-24-21-18-15-12-9-6-3/h7-8,10-11,13,16-17,19-20,22,28,31,48-50,54-55H,4-6,9,12,14-15,18,21,23-27,29-30,32-47H2,1-3H3,(H,53,56)/b10-7+,11-8+,16-13+,20-17+,22-19+,31-28+. The lowest BCUT2D eigenvalue weighted by Gasteiger charge is -2.24. The van der Waals surface area contributed by atoms with Crippen LogP contribution >= 0.6 is 0 Å². The van der Waals surface area contributed by atoms with Gasteiger partial charge in [-0.3, -0.25) is 9.59 Å². The highest BCUT2D eigenvalue weighted by Crippen LogP contribution is 2.17. The fourth-order valence-corrected chi connectivity index (χ4v) is 6.97. The molecule has 0 heterocycles. The third kappa shape index (κ3) is 40.1. The molecule has 0 fully saturated rings. The first-order valence-electron chi connectivity index (χ1n) is 24.2. The Labute approximate surface area is 358 Å². The summed E-state index contributed by atoms with van der Waals surface area (Å²) < 4.78 is 5.89. The minimum atomic E-state index is -0.801. The second-order valence-corrected chi connectivity index (χ2v) is 16.2. The first kappa shape index (κ1) is 55.3. The predicted octanol–water partition coefficient (Wildman–Crippen LogP) is 14.2. The Hall–Kier alpha value is -2.70. The van der Waals surface area contributed by atoms with Gasteiger partial charge in [0, 0.05) is 6.42 Å². The molecule has 0 radical (unpaired) electrons. The fraction of sp³-hybridized carbons (Fsp3) is 0.731. The van der Waals surface area contributed by atoms with E-state index in [4.69, 9.17) is 4.74 Å². The lowest BCUT2D eigenvalue weighted by Crippen LogP contribution is -2.46. The molecule has 1 amide bonds. The van der Waals surface area contributed by atoms with Crippen molar-refractivity contribution in [3.63, 3.8) is 0 Å². The van der Waals surface area contributed by atoms with Crippen LogP contribution in [0, 0.1) is 0 Å². The Bertz CT molecular complexity index is 1090. The number of ether oxygens (including phenoxy) is 1. The maximum atomic E-state index is 13.2. The number of carbonyl (C=O) groups is 2. The molecule has 3 unspecified atom stereocenters. The lowest BCUT2D eigenvalue weighted by atomic mass is 10.0.